The molecule has 3 aromatic carbocycles. The summed E-state index contributed by atoms with van der Waals surface area (Å²) in [6.07, 6.45) is 1.64. The molecule has 2 heterocycles. The lowest BCUT2D eigenvalue weighted by Crippen LogP contribution is -2.48. The van der Waals surface area contributed by atoms with Crippen LogP contribution < -0.4 is 5.32 Å². The monoisotopic (exact) mass is 480 g/mol. The van der Waals surface area contributed by atoms with Gasteiger partial charge in [-0.1, -0.05) is 71.7 Å². The van der Waals surface area contributed by atoms with Gasteiger partial charge >= 0.3 is 0 Å². The summed E-state index contributed by atoms with van der Waals surface area (Å²) in [6.45, 7) is 2.27. The van der Waals surface area contributed by atoms with Gasteiger partial charge in [-0.25, -0.2) is 0 Å². The Morgan fingerprint density at radius 2 is 1.58 bits per heavy atom. The molecular formula is C27H26Cl2N2O2. The summed E-state index contributed by atoms with van der Waals surface area (Å²) in [6, 6.07) is 23.6. The van der Waals surface area contributed by atoms with E-state index in [2.05, 4.69) is 29.6 Å². The van der Waals surface area contributed by atoms with Gasteiger partial charge in [0.05, 0.1) is 24.8 Å². The molecule has 0 unspecified atom stereocenters. The SMILES string of the molecule is O=C(CNC(c1cccc(Cl)c1)c1cccc(Cl)c1)N1CCC2(CC1)OCc1ccccc12. The smallest absolute Gasteiger partial charge is 0.236 e. The highest BCUT2D eigenvalue weighted by molar-refractivity contribution is 6.31. The minimum absolute atomic E-state index is 0.0881. The Morgan fingerprint density at radius 1 is 0.939 bits per heavy atom. The summed E-state index contributed by atoms with van der Waals surface area (Å²) in [5, 5.41) is 4.76. The zero-order chi connectivity index (χ0) is 22.8. The molecule has 0 atom stereocenters. The summed E-state index contributed by atoms with van der Waals surface area (Å²) in [4.78, 5) is 15.1. The van der Waals surface area contributed by atoms with Crippen LogP contribution >= 0.6 is 23.2 Å². The van der Waals surface area contributed by atoms with E-state index in [9.17, 15) is 4.79 Å². The Morgan fingerprint density at radius 3 is 2.21 bits per heavy atom. The zero-order valence-corrected chi connectivity index (χ0v) is 19.8. The van der Waals surface area contributed by atoms with Crippen LogP contribution in [0.1, 0.15) is 41.1 Å². The fourth-order valence-electron chi connectivity index (χ4n) is 5.02. The molecule has 170 valence electrons. The molecule has 5 rings (SSSR count). The summed E-state index contributed by atoms with van der Waals surface area (Å²) in [5.41, 5.74) is 4.30. The number of benzene rings is 3. The van der Waals surface area contributed by atoms with Crippen LogP contribution in [0.3, 0.4) is 0 Å². The lowest BCUT2D eigenvalue weighted by atomic mass is 9.84. The van der Waals surface area contributed by atoms with Crippen molar-refractivity contribution in [3.8, 4) is 0 Å². The Kier molecular flexibility index (Phi) is 6.44. The molecule has 1 fully saturated rings. The average Bonchev–Trinajstić information content (AvgIpc) is 3.18. The molecule has 1 N–H and O–H groups in total. The quantitative estimate of drug-likeness (QED) is 0.507. The third-order valence-corrected chi connectivity index (χ3v) is 7.23. The molecule has 0 aromatic heterocycles. The van der Waals surface area contributed by atoms with Crippen molar-refractivity contribution in [3.63, 3.8) is 0 Å². The van der Waals surface area contributed by atoms with Crippen molar-refractivity contribution >= 4 is 29.1 Å². The lowest BCUT2D eigenvalue weighted by molar-refractivity contribution is -0.137. The van der Waals surface area contributed by atoms with Crippen molar-refractivity contribution in [1.82, 2.24) is 10.2 Å². The predicted octanol–water partition coefficient (Wildman–Crippen LogP) is 5.72. The number of likely N-dealkylation sites (tertiary alicyclic amines) is 1. The molecule has 0 saturated carbocycles. The van der Waals surface area contributed by atoms with Gasteiger partial charge in [-0.2, -0.15) is 0 Å². The molecule has 0 aliphatic carbocycles. The number of rotatable bonds is 5. The Balaban J connectivity index is 1.26. The summed E-state index contributed by atoms with van der Waals surface area (Å²) < 4.78 is 6.24. The highest BCUT2D eigenvalue weighted by Gasteiger charge is 2.43. The lowest BCUT2D eigenvalue weighted by Gasteiger charge is -2.39. The average molecular weight is 481 g/mol. The van der Waals surface area contributed by atoms with Crippen LogP contribution in [-0.2, 0) is 21.7 Å². The topological polar surface area (TPSA) is 41.6 Å². The highest BCUT2D eigenvalue weighted by Crippen LogP contribution is 2.44. The molecule has 2 aliphatic rings. The maximum atomic E-state index is 13.1. The van der Waals surface area contributed by atoms with Crippen LogP contribution in [-0.4, -0.2) is 30.4 Å². The van der Waals surface area contributed by atoms with Gasteiger partial charge in [0.2, 0.25) is 5.91 Å². The molecule has 33 heavy (non-hydrogen) atoms. The van der Waals surface area contributed by atoms with Crippen molar-refractivity contribution in [2.75, 3.05) is 19.6 Å². The van der Waals surface area contributed by atoms with E-state index in [-0.39, 0.29) is 24.1 Å². The molecule has 1 spiro atoms. The maximum Gasteiger partial charge on any atom is 0.236 e. The maximum absolute atomic E-state index is 13.1. The Bertz CT molecular complexity index is 1110. The molecule has 0 radical (unpaired) electrons. The van der Waals surface area contributed by atoms with Crippen LogP contribution in [0.5, 0.6) is 0 Å². The number of nitrogens with one attached hydrogen (secondary N) is 1. The van der Waals surface area contributed by atoms with Crippen molar-refractivity contribution in [3.05, 3.63) is 105 Å². The van der Waals surface area contributed by atoms with Crippen LogP contribution in [0.2, 0.25) is 10.0 Å². The van der Waals surface area contributed by atoms with Crippen LogP contribution in [0.25, 0.3) is 0 Å². The van der Waals surface area contributed by atoms with Gasteiger partial charge in [0.25, 0.3) is 0 Å². The second-order valence-electron chi connectivity index (χ2n) is 8.74. The van der Waals surface area contributed by atoms with E-state index in [0.717, 1.165) is 24.0 Å². The van der Waals surface area contributed by atoms with Gasteiger partial charge < -0.3 is 9.64 Å². The van der Waals surface area contributed by atoms with E-state index in [1.165, 1.54) is 11.1 Å². The molecular weight excluding hydrogens is 455 g/mol. The summed E-state index contributed by atoms with van der Waals surface area (Å²) >= 11 is 12.5. The van der Waals surface area contributed by atoms with Crippen molar-refractivity contribution in [1.29, 1.82) is 0 Å². The van der Waals surface area contributed by atoms with Crippen molar-refractivity contribution in [2.24, 2.45) is 0 Å². The standard InChI is InChI=1S/C27H26Cl2N2O2/c28-22-8-3-6-19(15-22)26(20-7-4-9-23(29)16-20)30-17-25(32)31-13-11-27(12-14-31)24-10-2-1-5-21(24)18-33-27/h1-10,15-16,26,30H,11-14,17-18H2. The van der Waals surface area contributed by atoms with Gasteiger partial charge in [-0.3, -0.25) is 10.1 Å². The van der Waals surface area contributed by atoms with E-state index in [1.54, 1.807) is 0 Å². The van der Waals surface area contributed by atoms with Gasteiger partial charge in [0.1, 0.15) is 0 Å². The van der Waals surface area contributed by atoms with Crippen molar-refractivity contribution in [2.45, 2.75) is 31.1 Å². The predicted molar refractivity (Wildman–Crippen MR) is 131 cm³/mol. The van der Waals surface area contributed by atoms with Crippen LogP contribution in [0, 0.1) is 0 Å². The summed E-state index contributed by atoms with van der Waals surface area (Å²) in [5.74, 6) is 0.0881. The second kappa shape index (κ2) is 9.47. The van der Waals surface area contributed by atoms with E-state index in [1.807, 2.05) is 53.4 Å². The number of carbonyl (C=O) groups is 1. The van der Waals surface area contributed by atoms with Crippen LogP contribution in [0.4, 0.5) is 0 Å². The fourth-order valence-corrected chi connectivity index (χ4v) is 5.41. The molecule has 4 nitrogen and oxygen atoms in total. The van der Waals surface area contributed by atoms with Crippen molar-refractivity contribution < 1.29 is 9.53 Å². The minimum Gasteiger partial charge on any atom is -0.365 e. The van der Waals surface area contributed by atoms with E-state index < -0.39 is 0 Å². The summed E-state index contributed by atoms with van der Waals surface area (Å²) in [7, 11) is 0. The van der Waals surface area contributed by atoms with Gasteiger partial charge in [0, 0.05) is 23.1 Å². The number of fused-ring (bicyclic) bond motifs is 2. The first-order valence-corrected chi connectivity index (χ1v) is 12.0. The molecule has 3 aromatic rings. The first-order valence-electron chi connectivity index (χ1n) is 11.3. The molecule has 6 heteroatoms. The third kappa shape index (κ3) is 4.67. The van der Waals surface area contributed by atoms with Gasteiger partial charge in [-0.15, -0.1) is 0 Å². The van der Waals surface area contributed by atoms with E-state index in [0.29, 0.717) is 29.7 Å². The number of piperidine rings is 1. The molecule has 2 aliphatic heterocycles. The number of halogens is 2. The van der Waals surface area contributed by atoms with Gasteiger partial charge in [-0.05, 0) is 59.4 Å². The Hall–Kier alpha value is -2.37. The molecule has 1 amide bonds. The number of nitrogens with zero attached hydrogens (tertiary/aromatic N) is 1. The highest BCUT2D eigenvalue weighted by atomic mass is 35.5. The fraction of sp³-hybridized carbons (Fsp3) is 0.296. The number of hydrogen-bond donors (Lipinski definition) is 1. The first-order chi connectivity index (χ1) is 16.0. The first kappa shape index (κ1) is 22.4. The molecule has 0 bridgehead atoms. The van der Waals surface area contributed by atoms with Crippen LogP contribution in [0.15, 0.2) is 72.8 Å². The van der Waals surface area contributed by atoms with Gasteiger partial charge in [0.15, 0.2) is 0 Å². The molecule has 1 saturated heterocycles. The zero-order valence-electron chi connectivity index (χ0n) is 18.3. The third-order valence-electron chi connectivity index (χ3n) is 6.76. The second-order valence-corrected chi connectivity index (χ2v) is 9.62. The number of carbonyl (C=O) groups excluding carboxylic acids is 1. The minimum atomic E-state index is -0.245. The Labute approximate surface area is 204 Å². The number of ether oxygens (including phenoxy) is 1. The largest absolute Gasteiger partial charge is 0.365 e. The van der Waals surface area contributed by atoms with E-state index in [4.69, 9.17) is 27.9 Å². The number of amides is 1. The normalized spacial score (nSPS) is 16.9. The number of hydrogen-bond acceptors (Lipinski definition) is 3. The van der Waals surface area contributed by atoms with E-state index >= 15 is 0 Å².